The van der Waals surface area contributed by atoms with Crippen LogP contribution in [0.5, 0.6) is 5.75 Å². The van der Waals surface area contributed by atoms with Gasteiger partial charge in [0, 0.05) is 42.3 Å². The number of benzene rings is 3. The van der Waals surface area contributed by atoms with Crippen molar-refractivity contribution in [3.8, 4) is 5.75 Å². The molecular formula is C36H37ClF3N7O3. The van der Waals surface area contributed by atoms with Gasteiger partial charge in [0.1, 0.15) is 13.2 Å². The van der Waals surface area contributed by atoms with Gasteiger partial charge in [-0.1, -0.05) is 59.3 Å². The fraction of sp³-hybridized carbons (Fsp3) is 0.389. The van der Waals surface area contributed by atoms with Gasteiger partial charge in [-0.15, -0.1) is 0 Å². The number of rotatable bonds is 12. The summed E-state index contributed by atoms with van der Waals surface area (Å²) in [7, 11) is 0. The first kappa shape index (κ1) is 34.0. The van der Waals surface area contributed by atoms with Crippen molar-refractivity contribution >= 4 is 29.0 Å². The smallest absolute Gasteiger partial charge is 0.252 e. The van der Waals surface area contributed by atoms with Gasteiger partial charge in [-0.25, -0.2) is 14.3 Å². The molecule has 2 fully saturated rings. The summed E-state index contributed by atoms with van der Waals surface area (Å²) >= 11 is 6.54. The van der Waals surface area contributed by atoms with E-state index in [1.807, 2.05) is 58.3 Å². The zero-order valence-electron chi connectivity index (χ0n) is 27.3. The van der Waals surface area contributed by atoms with Crippen molar-refractivity contribution in [1.82, 2.24) is 25.7 Å². The summed E-state index contributed by atoms with van der Waals surface area (Å²) in [6, 6.07) is 16.7. The SMILES string of the molecule is O=C(CN1CN=NN1)N1C[C@H]2CC(c3ccc(CCCOc4c(F)ccc(F)c4F)cc3)=C(C(=O)N(Cc3ccccc3Cl)C3CC3)[C@@H](C1)N2. The average Bonchev–Trinajstić information content (AvgIpc) is 3.83. The van der Waals surface area contributed by atoms with Gasteiger partial charge in [-0.05, 0) is 72.6 Å². The molecule has 3 heterocycles. The maximum absolute atomic E-state index is 14.7. The van der Waals surface area contributed by atoms with E-state index in [9.17, 15) is 22.8 Å². The first-order chi connectivity index (χ1) is 24.2. The van der Waals surface area contributed by atoms with Crippen molar-refractivity contribution < 1.29 is 27.5 Å². The maximum atomic E-state index is 14.7. The molecule has 262 valence electrons. The number of carbonyl (C=O) groups excluding carboxylic acids is 2. The average molecular weight is 708 g/mol. The minimum Gasteiger partial charge on any atom is -0.488 e. The number of carbonyl (C=O) groups is 2. The zero-order valence-corrected chi connectivity index (χ0v) is 28.0. The predicted molar refractivity (Wildman–Crippen MR) is 180 cm³/mol. The number of nitrogens with zero attached hydrogens (tertiary/aromatic N) is 5. The Labute approximate surface area is 292 Å². The zero-order chi connectivity index (χ0) is 34.8. The largest absolute Gasteiger partial charge is 0.488 e. The number of ether oxygens (including phenoxy) is 1. The van der Waals surface area contributed by atoms with Crippen LogP contribution >= 0.6 is 11.6 Å². The molecule has 1 saturated heterocycles. The van der Waals surface area contributed by atoms with Crippen molar-refractivity contribution in [2.75, 3.05) is 32.9 Å². The first-order valence-corrected chi connectivity index (χ1v) is 17.2. The fourth-order valence-electron chi connectivity index (χ4n) is 6.84. The minimum atomic E-state index is -1.34. The van der Waals surface area contributed by atoms with Crippen molar-refractivity contribution in [1.29, 1.82) is 0 Å². The lowest BCUT2D eigenvalue weighted by Crippen LogP contribution is -2.63. The van der Waals surface area contributed by atoms with E-state index in [1.165, 1.54) is 0 Å². The Balaban J connectivity index is 1.12. The van der Waals surface area contributed by atoms with Gasteiger partial charge in [-0.3, -0.25) is 9.59 Å². The number of hydrazine groups is 1. The number of amides is 2. The number of halogens is 4. The third-order valence-electron chi connectivity index (χ3n) is 9.51. The number of nitrogens with one attached hydrogen (secondary N) is 2. The van der Waals surface area contributed by atoms with Crippen molar-refractivity contribution in [3.05, 3.63) is 105 Å². The van der Waals surface area contributed by atoms with E-state index in [0.717, 1.165) is 47.2 Å². The van der Waals surface area contributed by atoms with Gasteiger partial charge in [0.25, 0.3) is 5.91 Å². The second-order valence-corrected chi connectivity index (χ2v) is 13.5. The van der Waals surface area contributed by atoms with E-state index in [0.29, 0.717) is 56.2 Å². The monoisotopic (exact) mass is 707 g/mol. The molecule has 4 aliphatic rings. The molecule has 3 aromatic carbocycles. The molecule has 2 bridgehead atoms. The first-order valence-electron chi connectivity index (χ1n) is 16.8. The quantitative estimate of drug-likeness (QED) is 0.192. The van der Waals surface area contributed by atoms with Crippen LogP contribution in [0.1, 0.15) is 42.4 Å². The summed E-state index contributed by atoms with van der Waals surface area (Å²) in [6.45, 7) is 1.65. The Morgan fingerprint density at radius 2 is 1.78 bits per heavy atom. The summed E-state index contributed by atoms with van der Waals surface area (Å²) in [5.74, 6) is -4.30. The van der Waals surface area contributed by atoms with Crippen molar-refractivity contribution in [2.24, 2.45) is 10.3 Å². The second kappa shape index (κ2) is 14.8. The normalized spacial score (nSPS) is 20.2. The number of piperazine rings is 1. The van der Waals surface area contributed by atoms with E-state index >= 15 is 0 Å². The lowest BCUT2D eigenvalue weighted by molar-refractivity contribution is -0.136. The molecule has 7 rings (SSSR count). The molecule has 0 aromatic heterocycles. The summed E-state index contributed by atoms with van der Waals surface area (Å²) in [4.78, 5) is 31.8. The Bertz CT molecular complexity index is 1810. The molecule has 1 aliphatic carbocycles. The van der Waals surface area contributed by atoms with Gasteiger partial charge in [0.15, 0.2) is 17.4 Å². The molecule has 2 N–H and O–H groups in total. The molecule has 50 heavy (non-hydrogen) atoms. The van der Waals surface area contributed by atoms with Crippen LogP contribution < -0.4 is 15.6 Å². The number of fused-ring (bicyclic) bond motifs is 2. The maximum Gasteiger partial charge on any atom is 0.252 e. The number of aryl methyl sites for hydroxylation is 1. The fourth-order valence-corrected chi connectivity index (χ4v) is 7.03. The lowest BCUT2D eigenvalue weighted by atomic mass is 9.82. The van der Waals surface area contributed by atoms with Crippen LogP contribution in [0.25, 0.3) is 5.57 Å². The lowest BCUT2D eigenvalue weighted by Gasteiger charge is -2.45. The van der Waals surface area contributed by atoms with Crippen molar-refractivity contribution in [3.63, 3.8) is 0 Å². The highest BCUT2D eigenvalue weighted by atomic mass is 35.5. The predicted octanol–water partition coefficient (Wildman–Crippen LogP) is 5.43. The highest BCUT2D eigenvalue weighted by molar-refractivity contribution is 6.31. The van der Waals surface area contributed by atoms with Crippen LogP contribution in [0.15, 0.2) is 76.6 Å². The molecule has 3 aromatic rings. The minimum absolute atomic E-state index is 0.00683. The summed E-state index contributed by atoms with van der Waals surface area (Å²) in [6.07, 6.45) is 3.40. The highest BCUT2D eigenvalue weighted by Crippen LogP contribution is 2.38. The molecule has 14 heteroatoms. The number of hydrogen-bond acceptors (Lipinski definition) is 8. The van der Waals surface area contributed by atoms with Crippen LogP contribution in [-0.4, -0.2) is 77.7 Å². The summed E-state index contributed by atoms with van der Waals surface area (Å²) in [5.41, 5.74) is 7.11. The van der Waals surface area contributed by atoms with E-state index < -0.39 is 23.2 Å². The van der Waals surface area contributed by atoms with Gasteiger partial charge >= 0.3 is 0 Å². The topological polar surface area (TPSA) is 102 Å². The molecule has 1 saturated carbocycles. The van der Waals surface area contributed by atoms with Gasteiger partial charge in [0.2, 0.25) is 11.7 Å². The Morgan fingerprint density at radius 1 is 1.00 bits per heavy atom. The molecule has 3 aliphatic heterocycles. The second-order valence-electron chi connectivity index (χ2n) is 13.1. The Morgan fingerprint density at radius 3 is 2.52 bits per heavy atom. The van der Waals surface area contributed by atoms with Gasteiger partial charge < -0.3 is 19.9 Å². The van der Waals surface area contributed by atoms with Crippen LogP contribution in [0, 0.1) is 17.5 Å². The molecule has 0 radical (unpaired) electrons. The van der Waals surface area contributed by atoms with E-state index in [2.05, 4.69) is 21.2 Å². The molecule has 2 atom stereocenters. The Kier molecular flexibility index (Phi) is 10.1. The van der Waals surface area contributed by atoms with E-state index in [4.69, 9.17) is 16.3 Å². The molecule has 0 unspecified atom stereocenters. The van der Waals surface area contributed by atoms with Crippen LogP contribution in [0.3, 0.4) is 0 Å². The third kappa shape index (κ3) is 7.49. The van der Waals surface area contributed by atoms with E-state index in [-0.39, 0.29) is 43.1 Å². The third-order valence-corrected chi connectivity index (χ3v) is 9.88. The highest BCUT2D eigenvalue weighted by Gasteiger charge is 2.43. The molecule has 10 nitrogen and oxygen atoms in total. The van der Waals surface area contributed by atoms with Crippen LogP contribution in [0.2, 0.25) is 5.02 Å². The summed E-state index contributed by atoms with van der Waals surface area (Å²) in [5, 5.41) is 13.5. The molecule has 2 amide bonds. The standard InChI is InChI=1S/C36H37ClF3N7O3/c37-28-6-2-1-5-24(28)17-47(26-11-12-26)36(49)33-27(16-25-18-45(19-31(33)42-25)32(48)20-46-21-41-43-44-46)23-9-7-22(8-10-23)4-3-15-50-35-30(39)14-13-29(38)34(35)40/h1-2,5-10,13-14,25-26,31,42H,3-4,11-12,15-21H2,(H,41,44)/t25-,31-/m1/s1. The van der Waals surface area contributed by atoms with Crippen molar-refractivity contribution in [2.45, 2.75) is 56.8 Å². The Hall–Kier alpha value is -4.46. The summed E-state index contributed by atoms with van der Waals surface area (Å²) < 4.78 is 46.7. The molecular weight excluding hydrogens is 671 g/mol. The van der Waals surface area contributed by atoms with Gasteiger partial charge in [0.05, 0.1) is 12.6 Å². The van der Waals surface area contributed by atoms with Gasteiger partial charge in [-0.2, -0.15) is 14.5 Å². The number of hydrogen-bond donors (Lipinski definition) is 2. The molecule has 0 spiro atoms. The van der Waals surface area contributed by atoms with Crippen LogP contribution in [0.4, 0.5) is 13.2 Å². The van der Waals surface area contributed by atoms with Crippen LogP contribution in [-0.2, 0) is 22.6 Å². The van der Waals surface area contributed by atoms with E-state index in [1.54, 1.807) is 5.01 Å².